The summed E-state index contributed by atoms with van der Waals surface area (Å²) in [6.45, 7) is 0. The molecule has 6 aromatic carbocycles. The Morgan fingerprint density at radius 1 is 0.316 bits per heavy atom. The molecule has 0 heterocycles. The Balaban J connectivity index is 1.74. The lowest BCUT2D eigenvalue weighted by Crippen LogP contribution is -2.32. The molecule has 38 heavy (non-hydrogen) atoms. The van der Waals surface area contributed by atoms with Crippen LogP contribution in [0.2, 0.25) is 0 Å². The molecule has 6 aromatic rings. The molecule has 0 spiro atoms. The summed E-state index contributed by atoms with van der Waals surface area (Å²) in [7, 11) is 0. The topological polar surface area (TPSA) is 0 Å². The van der Waals surface area contributed by atoms with Crippen molar-refractivity contribution in [2.75, 3.05) is 0 Å². The van der Waals surface area contributed by atoms with Gasteiger partial charge in [0.25, 0.3) is 0 Å². The Bertz CT molecular complexity index is 1440. The van der Waals surface area contributed by atoms with E-state index in [9.17, 15) is 0 Å². The lowest BCUT2D eigenvalue weighted by molar-refractivity contribution is 0.726. The van der Waals surface area contributed by atoms with E-state index in [-0.39, 0.29) is 5.92 Å². The summed E-state index contributed by atoms with van der Waals surface area (Å²) in [4.78, 5) is 0. The van der Waals surface area contributed by atoms with Crippen LogP contribution in [-0.2, 0) is 5.41 Å². The molecule has 0 bridgehead atoms. The van der Waals surface area contributed by atoms with Gasteiger partial charge < -0.3 is 0 Å². The first-order chi connectivity index (χ1) is 18.9. The van der Waals surface area contributed by atoms with Crippen LogP contribution in [0, 0.1) is 0 Å². The van der Waals surface area contributed by atoms with Crippen molar-refractivity contribution in [3.05, 3.63) is 215 Å². The zero-order chi connectivity index (χ0) is 25.6. The first-order valence-electron chi connectivity index (χ1n) is 13.2. The molecule has 0 saturated heterocycles. The number of benzene rings is 6. The highest BCUT2D eigenvalue weighted by molar-refractivity contribution is 5.63. The summed E-state index contributed by atoms with van der Waals surface area (Å²) < 4.78 is 0. The van der Waals surface area contributed by atoms with Crippen LogP contribution < -0.4 is 0 Å². The van der Waals surface area contributed by atoms with Crippen LogP contribution in [-0.4, -0.2) is 0 Å². The minimum Gasteiger partial charge on any atom is -0.0622 e. The minimum absolute atomic E-state index is 0.0871. The number of hydrogen-bond acceptors (Lipinski definition) is 0. The molecule has 0 saturated carbocycles. The van der Waals surface area contributed by atoms with Crippen molar-refractivity contribution in [3.63, 3.8) is 0 Å². The Morgan fingerprint density at radius 3 is 1.03 bits per heavy atom. The average molecular weight is 487 g/mol. The molecule has 0 N–H and O–H groups in total. The SMILES string of the molecule is c1ccc(C(c2ccccc2)c2ccccc2C(c2ccccc2)(c2ccccc2)c2ccccc2)cc1. The monoisotopic (exact) mass is 486 g/mol. The quantitative estimate of drug-likeness (QED) is 0.197. The molecule has 0 aliphatic carbocycles. The molecule has 6 rings (SSSR count). The van der Waals surface area contributed by atoms with E-state index in [1.807, 2.05) is 0 Å². The van der Waals surface area contributed by atoms with Crippen molar-refractivity contribution in [2.45, 2.75) is 11.3 Å². The van der Waals surface area contributed by atoms with Crippen molar-refractivity contribution in [2.24, 2.45) is 0 Å². The van der Waals surface area contributed by atoms with Gasteiger partial charge in [0.05, 0.1) is 5.41 Å². The molecule has 182 valence electrons. The smallest absolute Gasteiger partial charge is 0.0622 e. The highest BCUT2D eigenvalue weighted by Gasteiger charge is 2.40. The Hall–Kier alpha value is -4.68. The zero-order valence-electron chi connectivity index (χ0n) is 21.3. The van der Waals surface area contributed by atoms with Gasteiger partial charge in [-0.15, -0.1) is 0 Å². The fourth-order valence-electron chi connectivity index (χ4n) is 5.96. The molecule has 0 nitrogen and oxygen atoms in total. The van der Waals surface area contributed by atoms with Crippen molar-refractivity contribution in [3.8, 4) is 0 Å². The fraction of sp³-hybridized carbons (Fsp3) is 0.0526. The van der Waals surface area contributed by atoms with E-state index in [0.717, 1.165) is 0 Å². The second-order valence-electron chi connectivity index (χ2n) is 9.69. The summed E-state index contributed by atoms with van der Waals surface area (Å²) in [6.07, 6.45) is 0. The molecule has 0 aromatic heterocycles. The van der Waals surface area contributed by atoms with Crippen LogP contribution in [0.5, 0.6) is 0 Å². The van der Waals surface area contributed by atoms with E-state index < -0.39 is 5.41 Å². The second-order valence-corrected chi connectivity index (χ2v) is 9.69. The van der Waals surface area contributed by atoms with Crippen LogP contribution in [0.1, 0.15) is 44.9 Å². The third kappa shape index (κ3) is 4.25. The van der Waals surface area contributed by atoms with E-state index in [1.165, 1.54) is 38.9 Å². The third-order valence-corrected chi connectivity index (χ3v) is 7.56. The fourth-order valence-corrected chi connectivity index (χ4v) is 5.96. The first-order valence-corrected chi connectivity index (χ1v) is 13.2. The molecule has 0 fully saturated rings. The van der Waals surface area contributed by atoms with Crippen LogP contribution in [0.25, 0.3) is 0 Å². The van der Waals surface area contributed by atoms with Gasteiger partial charge in [-0.05, 0) is 38.9 Å². The van der Waals surface area contributed by atoms with Gasteiger partial charge in [-0.3, -0.25) is 0 Å². The van der Waals surface area contributed by atoms with Gasteiger partial charge in [0, 0.05) is 5.92 Å². The van der Waals surface area contributed by atoms with Crippen molar-refractivity contribution in [1.82, 2.24) is 0 Å². The van der Waals surface area contributed by atoms with Crippen LogP contribution in [0.3, 0.4) is 0 Å². The van der Waals surface area contributed by atoms with E-state index >= 15 is 0 Å². The van der Waals surface area contributed by atoms with E-state index in [0.29, 0.717) is 0 Å². The van der Waals surface area contributed by atoms with Crippen molar-refractivity contribution < 1.29 is 0 Å². The maximum Gasteiger partial charge on any atom is 0.0704 e. The van der Waals surface area contributed by atoms with Gasteiger partial charge in [-0.25, -0.2) is 0 Å². The largest absolute Gasteiger partial charge is 0.0704 e. The first kappa shape index (κ1) is 23.7. The summed E-state index contributed by atoms with van der Waals surface area (Å²) in [5.41, 5.74) is 8.44. The summed E-state index contributed by atoms with van der Waals surface area (Å²) >= 11 is 0. The predicted molar refractivity (Wildman–Crippen MR) is 159 cm³/mol. The standard InChI is InChI=1S/C38H30/c1-6-18-30(19-7-1)37(31-20-8-2-9-21-31)35-28-16-17-29-36(35)38(32-22-10-3-11-23-32,33-24-12-4-13-25-33)34-26-14-5-15-27-34/h1-29,37H. The molecule has 0 heteroatoms. The van der Waals surface area contributed by atoms with E-state index in [4.69, 9.17) is 0 Å². The van der Waals surface area contributed by atoms with Gasteiger partial charge in [0.1, 0.15) is 0 Å². The summed E-state index contributed by atoms with van der Waals surface area (Å²) in [5, 5.41) is 0. The van der Waals surface area contributed by atoms with Crippen molar-refractivity contribution in [1.29, 1.82) is 0 Å². The van der Waals surface area contributed by atoms with Gasteiger partial charge in [0.2, 0.25) is 0 Å². The zero-order valence-corrected chi connectivity index (χ0v) is 21.3. The lowest BCUT2D eigenvalue weighted by atomic mass is 9.62. The Morgan fingerprint density at radius 2 is 0.632 bits per heavy atom. The minimum atomic E-state index is -0.498. The number of rotatable bonds is 7. The van der Waals surface area contributed by atoms with Crippen LogP contribution >= 0.6 is 0 Å². The van der Waals surface area contributed by atoms with Gasteiger partial charge in [-0.2, -0.15) is 0 Å². The molecular weight excluding hydrogens is 456 g/mol. The third-order valence-electron chi connectivity index (χ3n) is 7.56. The molecular formula is C38H30. The lowest BCUT2D eigenvalue weighted by Gasteiger charge is -2.39. The van der Waals surface area contributed by atoms with Crippen molar-refractivity contribution >= 4 is 0 Å². The molecule has 0 unspecified atom stereocenters. The Kier molecular flexibility index (Phi) is 6.70. The second kappa shape index (κ2) is 10.7. The van der Waals surface area contributed by atoms with Gasteiger partial charge >= 0.3 is 0 Å². The molecule has 0 aliphatic rings. The molecule has 0 amide bonds. The summed E-state index contributed by atoms with van der Waals surface area (Å²) in [6, 6.07) is 63.7. The highest BCUT2D eigenvalue weighted by Crippen LogP contribution is 2.49. The number of hydrogen-bond donors (Lipinski definition) is 0. The Labute approximate surface area is 225 Å². The predicted octanol–water partition coefficient (Wildman–Crippen LogP) is 9.25. The molecule has 0 atom stereocenters. The van der Waals surface area contributed by atoms with Gasteiger partial charge in [-0.1, -0.05) is 176 Å². The van der Waals surface area contributed by atoms with Crippen LogP contribution in [0.4, 0.5) is 0 Å². The maximum absolute atomic E-state index is 2.33. The van der Waals surface area contributed by atoms with Crippen LogP contribution in [0.15, 0.2) is 176 Å². The summed E-state index contributed by atoms with van der Waals surface area (Å²) in [5.74, 6) is 0.0871. The molecule has 0 radical (unpaired) electrons. The van der Waals surface area contributed by atoms with Gasteiger partial charge in [0.15, 0.2) is 0 Å². The molecule has 0 aliphatic heterocycles. The van der Waals surface area contributed by atoms with E-state index in [1.54, 1.807) is 0 Å². The highest BCUT2D eigenvalue weighted by atomic mass is 14.4. The normalized spacial score (nSPS) is 11.4. The maximum atomic E-state index is 2.33. The average Bonchev–Trinajstić information content (AvgIpc) is 3.01. The van der Waals surface area contributed by atoms with E-state index in [2.05, 4.69) is 176 Å².